The van der Waals surface area contributed by atoms with Crippen LogP contribution in [0.4, 0.5) is 0 Å². The van der Waals surface area contributed by atoms with Crippen molar-refractivity contribution in [3.8, 4) is 17.1 Å². The van der Waals surface area contributed by atoms with E-state index < -0.39 is 0 Å². The second-order valence-corrected chi connectivity index (χ2v) is 5.54. The number of aryl methyl sites for hydroxylation is 1. The monoisotopic (exact) mass is 338 g/mol. The number of hydrogen-bond donors (Lipinski definition) is 0. The lowest BCUT2D eigenvalue weighted by Gasteiger charge is -2.03. The highest BCUT2D eigenvalue weighted by molar-refractivity contribution is 5.72. The second kappa shape index (κ2) is 7.61. The SMILES string of the molecule is COc1ccccc1-c1noc(COC(=O)Cc2ccc(C)cc2)n1. The standard InChI is InChI=1S/C19H18N2O4/c1-13-7-9-14(10-8-13)11-18(22)24-12-17-20-19(21-25-17)15-5-3-4-6-16(15)23-2/h3-10H,11-12H2,1-2H3. The Morgan fingerprint density at radius 1 is 1.12 bits per heavy atom. The smallest absolute Gasteiger partial charge is 0.310 e. The Morgan fingerprint density at radius 2 is 1.88 bits per heavy atom. The van der Waals surface area contributed by atoms with Gasteiger partial charge in [0.05, 0.1) is 19.1 Å². The van der Waals surface area contributed by atoms with Gasteiger partial charge in [0.2, 0.25) is 5.82 Å². The minimum absolute atomic E-state index is 0.0627. The summed E-state index contributed by atoms with van der Waals surface area (Å²) >= 11 is 0. The average Bonchev–Trinajstić information content (AvgIpc) is 3.11. The number of ether oxygens (including phenoxy) is 2. The number of aromatic nitrogens is 2. The molecule has 0 spiro atoms. The first-order valence-corrected chi connectivity index (χ1v) is 7.83. The van der Waals surface area contributed by atoms with Crippen LogP contribution >= 0.6 is 0 Å². The molecule has 0 saturated heterocycles. The molecule has 6 heteroatoms. The summed E-state index contributed by atoms with van der Waals surface area (Å²) in [5, 5.41) is 3.91. The van der Waals surface area contributed by atoms with Gasteiger partial charge in [0.15, 0.2) is 6.61 Å². The third kappa shape index (κ3) is 4.23. The molecule has 0 aliphatic carbocycles. The Kier molecular flexibility index (Phi) is 5.09. The van der Waals surface area contributed by atoms with Crippen molar-refractivity contribution in [1.29, 1.82) is 0 Å². The second-order valence-electron chi connectivity index (χ2n) is 5.54. The predicted octanol–water partition coefficient (Wildman–Crippen LogP) is 3.34. The number of para-hydroxylation sites is 1. The van der Waals surface area contributed by atoms with Crippen molar-refractivity contribution in [3.63, 3.8) is 0 Å². The highest BCUT2D eigenvalue weighted by Gasteiger charge is 2.14. The molecule has 0 fully saturated rings. The molecule has 0 unspecified atom stereocenters. The van der Waals surface area contributed by atoms with Gasteiger partial charge in [0, 0.05) is 0 Å². The maximum absolute atomic E-state index is 11.9. The molecule has 6 nitrogen and oxygen atoms in total. The van der Waals surface area contributed by atoms with Gasteiger partial charge in [0.1, 0.15) is 5.75 Å². The number of rotatable bonds is 6. The molecule has 3 aromatic rings. The van der Waals surface area contributed by atoms with Crippen LogP contribution in [0.2, 0.25) is 0 Å². The molecule has 0 aliphatic rings. The van der Waals surface area contributed by atoms with Crippen LogP contribution in [0.3, 0.4) is 0 Å². The van der Waals surface area contributed by atoms with E-state index >= 15 is 0 Å². The number of carbonyl (C=O) groups is 1. The van der Waals surface area contributed by atoms with Crippen molar-refractivity contribution in [1.82, 2.24) is 10.1 Å². The lowest BCUT2D eigenvalue weighted by atomic mass is 10.1. The number of nitrogens with zero attached hydrogens (tertiary/aromatic N) is 2. The Labute approximate surface area is 145 Å². The van der Waals surface area contributed by atoms with Crippen molar-refractivity contribution >= 4 is 5.97 Å². The van der Waals surface area contributed by atoms with E-state index in [-0.39, 0.29) is 24.9 Å². The fourth-order valence-corrected chi connectivity index (χ4v) is 2.32. The third-order valence-corrected chi connectivity index (χ3v) is 3.64. The van der Waals surface area contributed by atoms with Gasteiger partial charge >= 0.3 is 5.97 Å². The number of benzene rings is 2. The summed E-state index contributed by atoms with van der Waals surface area (Å²) in [6.45, 7) is 1.93. The summed E-state index contributed by atoms with van der Waals surface area (Å²) in [5.74, 6) is 0.923. The first-order chi connectivity index (χ1) is 12.2. The van der Waals surface area contributed by atoms with Crippen LogP contribution in [-0.2, 0) is 22.6 Å². The quantitative estimate of drug-likeness (QED) is 0.642. The molecule has 25 heavy (non-hydrogen) atoms. The van der Waals surface area contributed by atoms with E-state index in [1.807, 2.05) is 55.5 Å². The molecule has 0 saturated carbocycles. The van der Waals surface area contributed by atoms with Gasteiger partial charge in [-0.1, -0.05) is 47.1 Å². The topological polar surface area (TPSA) is 74.5 Å². The van der Waals surface area contributed by atoms with E-state index in [2.05, 4.69) is 10.1 Å². The predicted molar refractivity (Wildman–Crippen MR) is 91.0 cm³/mol. The van der Waals surface area contributed by atoms with E-state index in [0.29, 0.717) is 17.1 Å². The molecule has 1 aromatic heterocycles. The van der Waals surface area contributed by atoms with Crippen molar-refractivity contribution < 1.29 is 18.8 Å². The maximum Gasteiger partial charge on any atom is 0.310 e. The normalized spacial score (nSPS) is 10.5. The zero-order valence-electron chi connectivity index (χ0n) is 14.1. The first-order valence-electron chi connectivity index (χ1n) is 7.83. The number of carbonyl (C=O) groups excluding carboxylic acids is 1. The van der Waals surface area contributed by atoms with Gasteiger partial charge in [-0.2, -0.15) is 4.98 Å². The summed E-state index contributed by atoms with van der Waals surface area (Å²) in [6.07, 6.45) is 0.202. The van der Waals surface area contributed by atoms with Crippen LogP contribution in [0, 0.1) is 6.92 Å². The average molecular weight is 338 g/mol. The fourth-order valence-electron chi connectivity index (χ4n) is 2.32. The molecule has 2 aromatic carbocycles. The largest absolute Gasteiger partial charge is 0.496 e. The maximum atomic E-state index is 11.9. The number of hydrogen-bond acceptors (Lipinski definition) is 6. The van der Waals surface area contributed by atoms with Crippen LogP contribution < -0.4 is 4.74 Å². The van der Waals surface area contributed by atoms with Crippen molar-refractivity contribution in [2.24, 2.45) is 0 Å². The molecule has 3 rings (SSSR count). The van der Waals surface area contributed by atoms with Crippen LogP contribution in [0.1, 0.15) is 17.0 Å². The fraction of sp³-hybridized carbons (Fsp3) is 0.211. The molecule has 0 aliphatic heterocycles. The summed E-state index contributed by atoms with van der Waals surface area (Å²) in [7, 11) is 1.58. The summed E-state index contributed by atoms with van der Waals surface area (Å²) < 4.78 is 15.6. The van der Waals surface area contributed by atoms with E-state index in [1.54, 1.807) is 7.11 Å². The summed E-state index contributed by atoms with van der Waals surface area (Å²) in [6, 6.07) is 15.1. The minimum Gasteiger partial charge on any atom is -0.496 e. The summed E-state index contributed by atoms with van der Waals surface area (Å²) in [5.41, 5.74) is 2.76. The zero-order chi connectivity index (χ0) is 17.6. The van der Waals surface area contributed by atoms with E-state index in [0.717, 1.165) is 11.1 Å². The molecular weight excluding hydrogens is 320 g/mol. The number of methoxy groups -OCH3 is 1. The van der Waals surface area contributed by atoms with E-state index in [4.69, 9.17) is 14.0 Å². The summed E-state index contributed by atoms with van der Waals surface area (Å²) in [4.78, 5) is 16.2. The van der Waals surface area contributed by atoms with Crippen molar-refractivity contribution in [2.75, 3.05) is 7.11 Å². The Balaban J connectivity index is 1.60. The minimum atomic E-state index is -0.346. The molecule has 1 heterocycles. The van der Waals surface area contributed by atoms with E-state index in [9.17, 15) is 4.79 Å². The zero-order valence-corrected chi connectivity index (χ0v) is 14.1. The lowest BCUT2D eigenvalue weighted by molar-refractivity contribution is -0.144. The molecular formula is C19H18N2O4. The van der Waals surface area contributed by atoms with Crippen LogP contribution in [0.5, 0.6) is 5.75 Å². The molecule has 0 radical (unpaired) electrons. The highest BCUT2D eigenvalue weighted by atomic mass is 16.6. The van der Waals surface area contributed by atoms with Crippen LogP contribution in [0.15, 0.2) is 53.1 Å². The third-order valence-electron chi connectivity index (χ3n) is 3.64. The van der Waals surface area contributed by atoms with Crippen molar-refractivity contribution in [3.05, 3.63) is 65.5 Å². The highest BCUT2D eigenvalue weighted by Crippen LogP contribution is 2.27. The van der Waals surface area contributed by atoms with Crippen molar-refractivity contribution in [2.45, 2.75) is 20.0 Å². The molecule has 0 atom stereocenters. The van der Waals surface area contributed by atoms with Crippen LogP contribution in [0.25, 0.3) is 11.4 Å². The molecule has 0 N–H and O–H groups in total. The van der Waals surface area contributed by atoms with Gasteiger partial charge in [-0.05, 0) is 24.6 Å². The van der Waals surface area contributed by atoms with Gasteiger partial charge in [-0.25, -0.2) is 0 Å². The Morgan fingerprint density at radius 3 is 2.64 bits per heavy atom. The lowest BCUT2D eigenvalue weighted by Crippen LogP contribution is -2.08. The molecule has 128 valence electrons. The van der Waals surface area contributed by atoms with Gasteiger partial charge < -0.3 is 14.0 Å². The Hall–Kier alpha value is -3.15. The van der Waals surface area contributed by atoms with Gasteiger partial charge in [-0.15, -0.1) is 0 Å². The molecule has 0 bridgehead atoms. The first kappa shape index (κ1) is 16.7. The van der Waals surface area contributed by atoms with E-state index in [1.165, 1.54) is 0 Å². The van der Waals surface area contributed by atoms with Crippen LogP contribution in [-0.4, -0.2) is 23.2 Å². The van der Waals surface area contributed by atoms with Gasteiger partial charge in [0.25, 0.3) is 5.89 Å². The number of esters is 1. The Bertz CT molecular complexity index is 856. The molecule has 0 amide bonds. The van der Waals surface area contributed by atoms with Gasteiger partial charge in [-0.3, -0.25) is 4.79 Å².